The molecule has 0 spiro atoms. The van der Waals surface area contributed by atoms with Crippen molar-refractivity contribution in [2.75, 3.05) is 20.3 Å². The topological polar surface area (TPSA) is 102 Å². The quantitative estimate of drug-likeness (QED) is 0.571. The van der Waals surface area contributed by atoms with Crippen molar-refractivity contribution in [1.82, 2.24) is 10.6 Å². The lowest BCUT2D eigenvalue weighted by atomic mass is 10.1. The van der Waals surface area contributed by atoms with Crippen LogP contribution < -0.4 is 10.6 Å². The number of Topliss-reactive ketones (excluding diaryl/α,β-unsaturated/α-hetero) is 2. The van der Waals surface area contributed by atoms with E-state index >= 15 is 0 Å². The van der Waals surface area contributed by atoms with Gasteiger partial charge >= 0.3 is 0 Å². The molecule has 108 valence electrons. The Morgan fingerprint density at radius 1 is 1.11 bits per heavy atom. The Balaban J connectivity index is 4.14. The number of amides is 2. The van der Waals surface area contributed by atoms with Gasteiger partial charge in [-0.1, -0.05) is 0 Å². The average molecular weight is 272 g/mol. The molecule has 0 rings (SSSR count). The molecule has 0 aromatic carbocycles. The summed E-state index contributed by atoms with van der Waals surface area (Å²) in [4.78, 5) is 44.7. The van der Waals surface area contributed by atoms with Crippen LogP contribution in [0.3, 0.4) is 0 Å². The van der Waals surface area contributed by atoms with Crippen LogP contribution >= 0.6 is 0 Å². The van der Waals surface area contributed by atoms with Crippen molar-refractivity contribution >= 4 is 23.4 Å². The number of nitrogens with one attached hydrogen (secondary N) is 2. The Hall–Kier alpha value is -1.76. The van der Waals surface area contributed by atoms with E-state index in [0.29, 0.717) is 0 Å². The number of hydrogen-bond donors (Lipinski definition) is 2. The molecule has 0 aliphatic rings. The van der Waals surface area contributed by atoms with E-state index in [1.54, 1.807) is 0 Å². The predicted octanol–water partition coefficient (Wildman–Crippen LogP) is -0.808. The van der Waals surface area contributed by atoms with Gasteiger partial charge < -0.3 is 15.4 Å². The van der Waals surface area contributed by atoms with Gasteiger partial charge in [0.05, 0.1) is 12.6 Å². The van der Waals surface area contributed by atoms with Crippen LogP contribution in [0, 0.1) is 0 Å². The average Bonchev–Trinajstić information content (AvgIpc) is 2.31. The second-order valence-electron chi connectivity index (χ2n) is 4.18. The summed E-state index contributed by atoms with van der Waals surface area (Å²) in [7, 11) is 1.37. The first kappa shape index (κ1) is 17.2. The van der Waals surface area contributed by atoms with E-state index in [9.17, 15) is 19.2 Å². The van der Waals surface area contributed by atoms with E-state index in [0.717, 1.165) is 0 Å². The van der Waals surface area contributed by atoms with E-state index in [1.807, 2.05) is 0 Å². The molecule has 1 unspecified atom stereocenters. The van der Waals surface area contributed by atoms with Gasteiger partial charge in [0, 0.05) is 13.5 Å². The Morgan fingerprint density at radius 2 is 1.74 bits per heavy atom. The highest BCUT2D eigenvalue weighted by molar-refractivity contribution is 5.89. The van der Waals surface area contributed by atoms with E-state index < -0.39 is 11.9 Å². The van der Waals surface area contributed by atoms with Crippen LogP contribution in [0.4, 0.5) is 0 Å². The second-order valence-corrected chi connectivity index (χ2v) is 4.18. The summed E-state index contributed by atoms with van der Waals surface area (Å²) in [5.41, 5.74) is 0. The van der Waals surface area contributed by atoms with Gasteiger partial charge in [-0.2, -0.15) is 0 Å². The van der Waals surface area contributed by atoms with Gasteiger partial charge in [-0.3, -0.25) is 19.2 Å². The summed E-state index contributed by atoms with van der Waals surface area (Å²) in [5.74, 6) is -1.12. The summed E-state index contributed by atoms with van der Waals surface area (Å²) in [6.45, 7) is 2.54. The van der Waals surface area contributed by atoms with Gasteiger partial charge in [-0.15, -0.1) is 0 Å². The van der Waals surface area contributed by atoms with E-state index in [1.165, 1.54) is 21.0 Å². The first-order chi connectivity index (χ1) is 8.86. The Bertz CT molecular complexity index is 354. The van der Waals surface area contributed by atoms with Crippen molar-refractivity contribution in [3.05, 3.63) is 0 Å². The molecule has 7 nitrogen and oxygen atoms in total. The second kappa shape index (κ2) is 9.21. The standard InChI is InChI=1S/C12H20N2O5/c1-8(15)6-13-11(17)5-4-10(9(2)16)14-12(18)7-19-3/h10H,4-7H2,1-3H3,(H,13,17)(H,14,18). The van der Waals surface area contributed by atoms with Crippen LogP contribution in [0.2, 0.25) is 0 Å². The number of carbonyl (C=O) groups is 4. The minimum absolute atomic E-state index is 0.0282. The molecule has 0 radical (unpaired) electrons. The zero-order chi connectivity index (χ0) is 14.8. The van der Waals surface area contributed by atoms with Crippen LogP contribution in [-0.4, -0.2) is 49.7 Å². The third-order valence-corrected chi connectivity index (χ3v) is 2.30. The lowest BCUT2D eigenvalue weighted by Gasteiger charge is -2.15. The maximum Gasteiger partial charge on any atom is 0.246 e. The molecule has 7 heteroatoms. The fourth-order valence-electron chi connectivity index (χ4n) is 1.33. The Kier molecular flexibility index (Phi) is 8.35. The minimum Gasteiger partial charge on any atom is -0.375 e. The lowest BCUT2D eigenvalue weighted by molar-refractivity contribution is -0.130. The zero-order valence-electron chi connectivity index (χ0n) is 11.4. The molecule has 0 aromatic rings. The molecule has 0 fully saturated rings. The summed E-state index contributed by atoms with van der Waals surface area (Å²) in [6.07, 6.45) is 0.249. The molecule has 0 aromatic heterocycles. The largest absolute Gasteiger partial charge is 0.375 e. The Labute approximate surface area is 112 Å². The van der Waals surface area contributed by atoms with Crippen molar-refractivity contribution in [3.63, 3.8) is 0 Å². The SMILES string of the molecule is COCC(=O)NC(CCC(=O)NCC(C)=O)C(C)=O. The number of ether oxygens (including phenoxy) is 1. The van der Waals surface area contributed by atoms with Crippen LogP contribution in [0.25, 0.3) is 0 Å². The molecule has 0 aliphatic heterocycles. The molecule has 0 saturated heterocycles. The van der Waals surface area contributed by atoms with Crippen LogP contribution in [0.5, 0.6) is 0 Å². The molecule has 0 bridgehead atoms. The molecular formula is C12H20N2O5. The number of rotatable bonds is 9. The van der Waals surface area contributed by atoms with Crippen molar-refractivity contribution < 1.29 is 23.9 Å². The van der Waals surface area contributed by atoms with Crippen LogP contribution in [0.15, 0.2) is 0 Å². The van der Waals surface area contributed by atoms with Gasteiger partial charge in [0.2, 0.25) is 11.8 Å². The van der Waals surface area contributed by atoms with Crippen LogP contribution in [-0.2, 0) is 23.9 Å². The number of methoxy groups -OCH3 is 1. The monoisotopic (exact) mass is 272 g/mol. The molecule has 0 heterocycles. The van der Waals surface area contributed by atoms with E-state index in [4.69, 9.17) is 0 Å². The molecule has 2 N–H and O–H groups in total. The van der Waals surface area contributed by atoms with Crippen molar-refractivity contribution in [1.29, 1.82) is 0 Å². The van der Waals surface area contributed by atoms with Gasteiger partial charge in [-0.05, 0) is 20.3 Å². The number of carbonyl (C=O) groups excluding carboxylic acids is 4. The van der Waals surface area contributed by atoms with Gasteiger partial charge in [0.15, 0.2) is 5.78 Å². The van der Waals surface area contributed by atoms with Crippen molar-refractivity contribution in [2.24, 2.45) is 0 Å². The smallest absolute Gasteiger partial charge is 0.246 e. The maximum absolute atomic E-state index is 11.4. The predicted molar refractivity (Wildman–Crippen MR) is 67.4 cm³/mol. The third-order valence-electron chi connectivity index (χ3n) is 2.30. The highest BCUT2D eigenvalue weighted by atomic mass is 16.5. The summed E-state index contributed by atoms with van der Waals surface area (Å²) in [6, 6.07) is -0.717. The van der Waals surface area contributed by atoms with E-state index in [-0.39, 0.29) is 43.5 Å². The van der Waals surface area contributed by atoms with Crippen molar-refractivity contribution in [3.8, 4) is 0 Å². The fourth-order valence-corrected chi connectivity index (χ4v) is 1.33. The Morgan fingerprint density at radius 3 is 2.21 bits per heavy atom. The third kappa shape index (κ3) is 8.90. The molecule has 0 aliphatic carbocycles. The zero-order valence-corrected chi connectivity index (χ0v) is 11.4. The summed E-state index contributed by atoms with van der Waals surface area (Å²) in [5, 5.41) is 4.89. The molecule has 19 heavy (non-hydrogen) atoms. The normalized spacial score (nSPS) is 11.5. The number of hydrogen-bond acceptors (Lipinski definition) is 5. The van der Waals surface area contributed by atoms with Crippen molar-refractivity contribution in [2.45, 2.75) is 32.7 Å². The molecule has 1 atom stereocenters. The fraction of sp³-hybridized carbons (Fsp3) is 0.667. The highest BCUT2D eigenvalue weighted by Crippen LogP contribution is 1.99. The molecule has 2 amide bonds. The van der Waals surface area contributed by atoms with E-state index in [2.05, 4.69) is 15.4 Å². The van der Waals surface area contributed by atoms with Gasteiger partial charge in [0.1, 0.15) is 12.4 Å². The molecular weight excluding hydrogens is 252 g/mol. The first-order valence-electron chi connectivity index (χ1n) is 5.91. The minimum atomic E-state index is -0.717. The van der Waals surface area contributed by atoms with Crippen LogP contribution in [0.1, 0.15) is 26.7 Å². The summed E-state index contributed by atoms with van der Waals surface area (Å²) >= 11 is 0. The summed E-state index contributed by atoms with van der Waals surface area (Å²) < 4.78 is 4.63. The highest BCUT2D eigenvalue weighted by Gasteiger charge is 2.18. The maximum atomic E-state index is 11.4. The van der Waals surface area contributed by atoms with Gasteiger partial charge in [0.25, 0.3) is 0 Å². The lowest BCUT2D eigenvalue weighted by Crippen LogP contribution is -2.42. The first-order valence-corrected chi connectivity index (χ1v) is 5.91. The number of ketones is 2. The molecule has 0 saturated carbocycles. The van der Waals surface area contributed by atoms with Gasteiger partial charge in [-0.25, -0.2) is 0 Å².